The van der Waals surface area contributed by atoms with Crippen LogP contribution in [0, 0.1) is 6.92 Å². The first kappa shape index (κ1) is 16.7. The van der Waals surface area contributed by atoms with E-state index in [-0.39, 0.29) is 11.6 Å². The maximum atomic E-state index is 12.4. The van der Waals surface area contributed by atoms with Crippen molar-refractivity contribution >= 4 is 44.3 Å². The van der Waals surface area contributed by atoms with E-state index in [2.05, 4.69) is 5.32 Å². The second kappa shape index (κ2) is 6.40. The Morgan fingerprint density at radius 3 is 2.68 bits per heavy atom. The molecule has 0 aliphatic rings. The minimum absolute atomic E-state index is 0.230. The molecule has 0 atom stereocenters. The van der Waals surface area contributed by atoms with Gasteiger partial charge in [-0.2, -0.15) is 0 Å². The lowest BCUT2D eigenvalue weighted by Crippen LogP contribution is -2.30. The number of urea groups is 1. The zero-order valence-corrected chi connectivity index (χ0v) is 14.2. The largest absolute Gasteiger partial charge is 0.477 e. The minimum Gasteiger partial charge on any atom is -0.477 e. The highest BCUT2D eigenvalue weighted by Gasteiger charge is 2.16. The molecule has 2 aromatic heterocycles. The number of benzene rings is 1. The molecule has 2 N–H and O–H groups in total. The SMILES string of the molecule is Cc1cccc(N(C)C(=O)Nc2cc3oc(=O)c(C(=O)O)cc3s2)c1. The summed E-state index contributed by atoms with van der Waals surface area (Å²) in [5.41, 5.74) is 0.630. The van der Waals surface area contributed by atoms with E-state index in [1.807, 2.05) is 31.2 Å². The molecule has 0 fully saturated rings. The molecular weight excluding hydrogens is 344 g/mol. The highest BCUT2D eigenvalue weighted by molar-refractivity contribution is 7.22. The number of carbonyl (C=O) groups excluding carboxylic acids is 1. The molecule has 7 nitrogen and oxygen atoms in total. The fourth-order valence-electron chi connectivity index (χ4n) is 2.27. The Hall–Kier alpha value is -3.13. The zero-order chi connectivity index (χ0) is 18.1. The van der Waals surface area contributed by atoms with Gasteiger partial charge in [0.15, 0.2) is 5.58 Å². The lowest BCUT2D eigenvalue weighted by molar-refractivity contribution is 0.0692. The van der Waals surface area contributed by atoms with E-state index in [1.54, 1.807) is 7.05 Å². The van der Waals surface area contributed by atoms with Crippen molar-refractivity contribution in [1.29, 1.82) is 0 Å². The molecule has 2 amide bonds. The van der Waals surface area contributed by atoms with Crippen molar-refractivity contribution in [3.05, 3.63) is 57.9 Å². The molecule has 128 valence electrons. The monoisotopic (exact) mass is 358 g/mol. The second-order valence-corrected chi connectivity index (χ2v) is 6.50. The molecule has 3 aromatic rings. The van der Waals surface area contributed by atoms with E-state index in [1.165, 1.54) is 17.0 Å². The molecular formula is C17H14N2O5S. The first-order chi connectivity index (χ1) is 11.8. The van der Waals surface area contributed by atoms with Crippen molar-refractivity contribution in [2.24, 2.45) is 0 Å². The Bertz CT molecular complexity index is 1040. The van der Waals surface area contributed by atoms with Gasteiger partial charge in [0.1, 0.15) is 10.6 Å². The Kier molecular flexibility index (Phi) is 4.28. The number of rotatable bonds is 3. The van der Waals surface area contributed by atoms with Crippen molar-refractivity contribution in [2.45, 2.75) is 6.92 Å². The van der Waals surface area contributed by atoms with Crippen LogP contribution in [0.1, 0.15) is 15.9 Å². The van der Waals surface area contributed by atoms with Gasteiger partial charge in [-0.25, -0.2) is 14.4 Å². The van der Waals surface area contributed by atoms with Crippen LogP contribution < -0.4 is 15.8 Å². The van der Waals surface area contributed by atoms with Crippen LogP contribution in [0.3, 0.4) is 0 Å². The van der Waals surface area contributed by atoms with Crippen LogP contribution in [0.5, 0.6) is 0 Å². The van der Waals surface area contributed by atoms with Gasteiger partial charge in [-0.05, 0) is 30.7 Å². The van der Waals surface area contributed by atoms with Crippen molar-refractivity contribution < 1.29 is 19.1 Å². The summed E-state index contributed by atoms with van der Waals surface area (Å²) in [6, 6.07) is 9.86. The van der Waals surface area contributed by atoms with E-state index in [4.69, 9.17) is 9.52 Å². The standard InChI is InChI=1S/C17H14N2O5S/c1-9-4-3-5-10(6-9)19(2)17(23)18-14-8-12-13(25-14)7-11(15(20)21)16(22)24-12/h3-8H,1-2H3,(H,18,23)(H,20,21). The lowest BCUT2D eigenvalue weighted by Gasteiger charge is -2.17. The predicted octanol–water partition coefficient (Wildman–Crippen LogP) is 3.53. The normalized spacial score (nSPS) is 10.6. The van der Waals surface area contributed by atoms with Crippen molar-refractivity contribution in [3.8, 4) is 0 Å². The Morgan fingerprint density at radius 2 is 2.00 bits per heavy atom. The molecule has 0 bridgehead atoms. The van der Waals surface area contributed by atoms with Crippen molar-refractivity contribution in [3.63, 3.8) is 0 Å². The van der Waals surface area contributed by atoms with Gasteiger partial charge in [-0.3, -0.25) is 10.2 Å². The third-order valence-corrected chi connectivity index (χ3v) is 4.56. The first-order valence-corrected chi connectivity index (χ1v) is 8.09. The van der Waals surface area contributed by atoms with Gasteiger partial charge in [0, 0.05) is 18.8 Å². The molecule has 0 saturated heterocycles. The number of aryl methyl sites for hydroxylation is 1. The van der Waals surface area contributed by atoms with Crippen molar-refractivity contribution in [1.82, 2.24) is 0 Å². The number of carboxylic acids is 1. The maximum absolute atomic E-state index is 12.4. The third kappa shape index (κ3) is 3.38. The Morgan fingerprint density at radius 1 is 1.24 bits per heavy atom. The summed E-state index contributed by atoms with van der Waals surface area (Å²) in [5.74, 6) is -1.35. The average Bonchev–Trinajstić information content (AvgIpc) is 2.94. The summed E-state index contributed by atoms with van der Waals surface area (Å²) >= 11 is 1.13. The number of hydrogen-bond acceptors (Lipinski definition) is 5. The molecule has 0 saturated carbocycles. The minimum atomic E-state index is -1.35. The zero-order valence-electron chi connectivity index (χ0n) is 13.4. The summed E-state index contributed by atoms with van der Waals surface area (Å²) < 4.78 is 5.45. The van der Waals surface area contributed by atoms with Crippen LogP contribution >= 0.6 is 11.3 Å². The van der Waals surface area contributed by atoms with E-state index >= 15 is 0 Å². The molecule has 0 spiro atoms. The number of aromatic carboxylic acids is 1. The van der Waals surface area contributed by atoms with E-state index in [9.17, 15) is 14.4 Å². The fraction of sp³-hybridized carbons (Fsp3) is 0.118. The number of thiophene rings is 1. The summed E-state index contributed by atoms with van der Waals surface area (Å²) in [6.07, 6.45) is 0. The van der Waals surface area contributed by atoms with Gasteiger partial charge in [-0.1, -0.05) is 12.1 Å². The topological polar surface area (TPSA) is 99.9 Å². The maximum Gasteiger partial charge on any atom is 0.351 e. The molecule has 0 aliphatic carbocycles. The lowest BCUT2D eigenvalue weighted by atomic mass is 10.2. The van der Waals surface area contributed by atoms with Gasteiger partial charge < -0.3 is 9.52 Å². The molecule has 0 aliphatic heterocycles. The average molecular weight is 358 g/mol. The number of anilines is 2. The molecule has 2 heterocycles. The number of carbonyl (C=O) groups is 2. The number of amides is 2. The highest BCUT2D eigenvalue weighted by Crippen LogP contribution is 2.30. The van der Waals surface area contributed by atoms with Gasteiger partial charge >= 0.3 is 17.6 Å². The molecule has 3 rings (SSSR count). The Balaban J connectivity index is 1.86. The van der Waals surface area contributed by atoms with Gasteiger partial charge in [0.05, 0.1) is 4.70 Å². The summed E-state index contributed by atoms with van der Waals surface area (Å²) in [7, 11) is 1.64. The van der Waals surface area contributed by atoms with Gasteiger partial charge in [-0.15, -0.1) is 11.3 Å². The number of nitrogens with one attached hydrogen (secondary N) is 1. The second-order valence-electron chi connectivity index (χ2n) is 5.42. The predicted molar refractivity (Wildman–Crippen MR) is 95.9 cm³/mol. The first-order valence-electron chi connectivity index (χ1n) is 7.27. The number of hydrogen-bond donors (Lipinski definition) is 2. The fourth-order valence-corrected chi connectivity index (χ4v) is 3.19. The molecule has 0 unspecified atom stereocenters. The third-order valence-electron chi connectivity index (χ3n) is 3.58. The number of nitrogens with zero attached hydrogens (tertiary/aromatic N) is 1. The molecule has 25 heavy (non-hydrogen) atoms. The van der Waals surface area contributed by atoms with E-state index < -0.39 is 17.2 Å². The summed E-state index contributed by atoms with van der Waals surface area (Å²) in [4.78, 5) is 36.4. The number of carboxylic acid groups (broad SMARTS) is 1. The summed E-state index contributed by atoms with van der Waals surface area (Å²) in [6.45, 7) is 1.93. The number of fused-ring (bicyclic) bond motifs is 1. The van der Waals surface area contributed by atoms with E-state index in [0.29, 0.717) is 9.70 Å². The van der Waals surface area contributed by atoms with Crippen LogP contribution in [-0.2, 0) is 0 Å². The quantitative estimate of drug-likeness (QED) is 0.746. The van der Waals surface area contributed by atoms with Gasteiger partial charge in [0.2, 0.25) is 0 Å². The highest BCUT2D eigenvalue weighted by atomic mass is 32.1. The van der Waals surface area contributed by atoms with Crippen molar-refractivity contribution in [2.75, 3.05) is 17.3 Å². The van der Waals surface area contributed by atoms with Crippen LogP contribution in [-0.4, -0.2) is 24.2 Å². The van der Waals surface area contributed by atoms with Crippen LogP contribution in [0.2, 0.25) is 0 Å². The molecule has 1 aromatic carbocycles. The van der Waals surface area contributed by atoms with Gasteiger partial charge in [0.25, 0.3) is 0 Å². The van der Waals surface area contributed by atoms with E-state index in [0.717, 1.165) is 22.6 Å². The van der Waals surface area contributed by atoms with Crippen LogP contribution in [0.25, 0.3) is 10.3 Å². The molecule has 8 heteroatoms. The van der Waals surface area contributed by atoms with Crippen LogP contribution in [0.4, 0.5) is 15.5 Å². The summed E-state index contributed by atoms with van der Waals surface area (Å²) in [5, 5.41) is 12.1. The molecule has 0 radical (unpaired) electrons. The van der Waals surface area contributed by atoms with Crippen LogP contribution in [0.15, 0.2) is 45.6 Å². The smallest absolute Gasteiger partial charge is 0.351 e. The Labute approximate surface area is 146 Å².